The molecular formula is C25H26BrN3O. The highest BCUT2D eigenvalue weighted by Gasteiger charge is 2.47. The second-order valence-electron chi connectivity index (χ2n) is 9.29. The number of carbonyl (C=O) groups excluding carboxylic acids is 1. The van der Waals surface area contributed by atoms with Gasteiger partial charge in [0.05, 0.1) is 6.42 Å². The van der Waals surface area contributed by atoms with E-state index in [1.165, 1.54) is 6.42 Å². The molecule has 1 unspecified atom stereocenters. The van der Waals surface area contributed by atoms with Crippen molar-refractivity contribution in [2.24, 2.45) is 5.41 Å². The number of aromatic nitrogens is 2. The average molecular weight is 464 g/mol. The molecule has 2 aliphatic rings. The Balaban J connectivity index is 1.65. The Morgan fingerprint density at radius 3 is 2.67 bits per heavy atom. The highest BCUT2D eigenvalue weighted by molar-refractivity contribution is 9.10. The van der Waals surface area contributed by atoms with Gasteiger partial charge in [0.2, 0.25) is 5.91 Å². The third-order valence-electron chi connectivity index (χ3n) is 6.65. The second kappa shape index (κ2) is 7.09. The predicted molar refractivity (Wildman–Crippen MR) is 122 cm³/mol. The van der Waals surface area contributed by atoms with Crippen LogP contribution in [0.2, 0.25) is 0 Å². The van der Waals surface area contributed by atoms with E-state index in [9.17, 15) is 4.79 Å². The lowest BCUT2D eigenvalue weighted by Crippen LogP contribution is -2.47. The number of piperidine rings is 1. The van der Waals surface area contributed by atoms with Gasteiger partial charge in [-0.2, -0.15) is 0 Å². The Morgan fingerprint density at radius 2 is 1.90 bits per heavy atom. The predicted octanol–water partition coefficient (Wildman–Crippen LogP) is 5.46. The molecule has 4 nitrogen and oxygen atoms in total. The van der Waals surface area contributed by atoms with Crippen LogP contribution in [-0.4, -0.2) is 33.4 Å². The van der Waals surface area contributed by atoms with Gasteiger partial charge in [0.1, 0.15) is 11.4 Å². The molecule has 30 heavy (non-hydrogen) atoms. The van der Waals surface area contributed by atoms with Crippen molar-refractivity contribution in [1.82, 2.24) is 14.5 Å². The van der Waals surface area contributed by atoms with Gasteiger partial charge in [-0.1, -0.05) is 66.2 Å². The maximum absolute atomic E-state index is 13.7. The van der Waals surface area contributed by atoms with E-state index in [4.69, 9.17) is 0 Å². The smallest absolute Gasteiger partial charge is 0.225 e. The van der Waals surface area contributed by atoms with Crippen molar-refractivity contribution in [3.05, 3.63) is 76.5 Å². The van der Waals surface area contributed by atoms with Crippen molar-refractivity contribution in [3.8, 4) is 11.4 Å². The molecule has 1 fully saturated rings. The van der Waals surface area contributed by atoms with Crippen molar-refractivity contribution >= 4 is 21.8 Å². The van der Waals surface area contributed by atoms with Crippen LogP contribution >= 0.6 is 15.9 Å². The maximum Gasteiger partial charge on any atom is 0.225 e. The zero-order chi connectivity index (χ0) is 20.9. The molecule has 0 aliphatic carbocycles. The molecule has 1 atom stereocenters. The summed E-state index contributed by atoms with van der Waals surface area (Å²) in [6.45, 7) is 6.18. The Hall–Kier alpha value is -2.40. The van der Waals surface area contributed by atoms with Crippen molar-refractivity contribution in [1.29, 1.82) is 0 Å². The first-order chi connectivity index (χ1) is 14.4. The van der Waals surface area contributed by atoms with E-state index in [2.05, 4.69) is 86.7 Å². The Bertz CT molecular complexity index is 1100. The van der Waals surface area contributed by atoms with Crippen LogP contribution in [0.4, 0.5) is 0 Å². The summed E-state index contributed by atoms with van der Waals surface area (Å²) in [6, 6.07) is 16.7. The van der Waals surface area contributed by atoms with Crippen LogP contribution in [0.1, 0.15) is 44.2 Å². The lowest BCUT2D eigenvalue weighted by atomic mass is 9.79. The number of amides is 1. The number of carbonyl (C=O) groups is 1. The molecule has 1 aromatic heterocycles. The summed E-state index contributed by atoms with van der Waals surface area (Å²) in [6.07, 6.45) is 6.49. The Morgan fingerprint density at radius 1 is 1.13 bits per heavy atom. The van der Waals surface area contributed by atoms with Gasteiger partial charge < -0.3 is 9.47 Å². The standard InChI is InChI=1S/C25H26BrN3O/c1-24(2)12-5-14-28(17-24)22(30)16-25(18-8-10-19(26)11-9-18)21-7-4-3-6-20(21)23-27-13-15-29(23)25/h3-4,6-11,13,15H,5,12,14,16-17H2,1-2H3. The lowest BCUT2D eigenvalue weighted by molar-refractivity contribution is -0.135. The number of rotatable bonds is 3. The number of fused-ring (bicyclic) bond motifs is 3. The van der Waals surface area contributed by atoms with E-state index in [1.807, 2.05) is 18.5 Å². The number of hydrogen-bond donors (Lipinski definition) is 0. The topological polar surface area (TPSA) is 38.1 Å². The van der Waals surface area contributed by atoms with E-state index < -0.39 is 5.54 Å². The largest absolute Gasteiger partial charge is 0.342 e. The lowest BCUT2D eigenvalue weighted by Gasteiger charge is -2.40. The van der Waals surface area contributed by atoms with Gasteiger partial charge in [-0.3, -0.25) is 4.79 Å². The SMILES string of the molecule is CC1(C)CCCN(C(=O)CC2(c3ccc(Br)cc3)c3ccccc3-c3nccn32)C1. The van der Waals surface area contributed by atoms with Crippen LogP contribution in [0.15, 0.2) is 65.4 Å². The molecule has 5 rings (SSSR count). The zero-order valence-corrected chi connectivity index (χ0v) is 19.0. The normalized spacial score (nSPS) is 21.9. The summed E-state index contributed by atoms with van der Waals surface area (Å²) in [5.74, 6) is 1.14. The molecule has 5 heteroatoms. The molecule has 3 aromatic rings. The quantitative estimate of drug-likeness (QED) is 0.517. The molecule has 0 saturated carbocycles. The highest BCUT2D eigenvalue weighted by Crippen LogP contribution is 2.49. The number of halogens is 1. The zero-order valence-electron chi connectivity index (χ0n) is 17.4. The molecule has 0 N–H and O–H groups in total. The summed E-state index contributed by atoms with van der Waals surface area (Å²) in [4.78, 5) is 20.4. The highest BCUT2D eigenvalue weighted by atomic mass is 79.9. The minimum atomic E-state index is -0.582. The van der Waals surface area contributed by atoms with E-state index >= 15 is 0 Å². The second-order valence-corrected chi connectivity index (χ2v) is 10.2. The maximum atomic E-state index is 13.7. The molecule has 154 valence electrons. The fourth-order valence-corrected chi connectivity index (χ4v) is 5.51. The average Bonchev–Trinajstić information content (AvgIpc) is 3.30. The van der Waals surface area contributed by atoms with Crippen molar-refractivity contribution in [3.63, 3.8) is 0 Å². The van der Waals surface area contributed by atoms with Gasteiger partial charge in [-0.05, 0) is 41.5 Å². The molecule has 2 aliphatic heterocycles. The van der Waals surface area contributed by atoms with Crippen molar-refractivity contribution in [2.45, 2.75) is 38.6 Å². The van der Waals surface area contributed by atoms with Crippen LogP contribution < -0.4 is 0 Å². The van der Waals surface area contributed by atoms with E-state index in [-0.39, 0.29) is 11.3 Å². The number of benzene rings is 2. The summed E-state index contributed by atoms with van der Waals surface area (Å²) in [7, 11) is 0. The summed E-state index contributed by atoms with van der Waals surface area (Å²) in [5, 5.41) is 0. The summed E-state index contributed by atoms with van der Waals surface area (Å²) >= 11 is 3.56. The summed E-state index contributed by atoms with van der Waals surface area (Å²) in [5.41, 5.74) is 2.96. The minimum absolute atomic E-state index is 0.173. The molecule has 1 saturated heterocycles. The van der Waals surface area contributed by atoms with Crippen LogP contribution in [0.3, 0.4) is 0 Å². The summed E-state index contributed by atoms with van der Waals surface area (Å²) < 4.78 is 3.23. The third-order valence-corrected chi connectivity index (χ3v) is 7.18. The van der Waals surface area contributed by atoms with Crippen molar-refractivity contribution in [2.75, 3.05) is 13.1 Å². The number of hydrogen-bond acceptors (Lipinski definition) is 2. The Kier molecular flexibility index (Phi) is 4.62. The fourth-order valence-electron chi connectivity index (χ4n) is 5.25. The Labute approximate surface area is 186 Å². The van der Waals surface area contributed by atoms with E-state index in [0.29, 0.717) is 6.42 Å². The number of nitrogens with zero attached hydrogens (tertiary/aromatic N) is 3. The monoisotopic (exact) mass is 463 g/mol. The van der Waals surface area contributed by atoms with Gasteiger partial charge in [-0.25, -0.2) is 4.98 Å². The third kappa shape index (κ3) is 3.02. The molecule has 1 amide bonds. The van der Waals surface area contributed by atoms with Gasteiger partial charge in [0.25, 0.3) is 0 Å². The van der Waals surface area contributed by atoms with Crippen LogP contribution in [0.25, 0.3) is 11.4 Å². The first kappa shape index (κ1) is 19.6. The van der Waals surface area contributed by atoms with Crippen molar-refractivity contribution < 1.29 is 4.79 Å². The van der Waals surface area contributed by atoms with Crippen LogP contribution in [-0.2, 0) is 10.3 Å². The van der Waals surface area contributed by atoms with E-state index in [1.54, 1.807) is 0 Å². The first-order valence-electron chi connectivity index (χ1n) is 10.6. The number of imidazole rings is 1. The first-order valence-corrected chi connectivity index (χ1v) is 11.4. The molecular weight excluding hydrogens is 438 g/mol. The van der Waals surface area contributed by atoms with E-state index in [0.717, 1.165) is 46.5 Å². The fraction of sp³-hybridized carbons (Fsp3) is 0.360. The van der Waals surface area contributed by atoms with Gasteiger partial charge >= 0.3 is 0 Å². The van der Waals surface area contributed by atoms with Crippen LogP contribution in [0, 0.1) is 5.41 Å². The van der Waals surface area contributed by atoms with Gasteiger partial charge in [0, 0.05) is 35.5 Å². The number of likely N-dealkylation sites (tertiary alicyclic amines) is 1. The van der Waals surface area contributed by atoms with Crippen LogP contribution in [0.5, 0.6) is 0 Å². The van der Waals surface area contributed by atoms with Gasteiger partial charge in [0.15, 0.2) is 0 Å². The minimum Gasteiger partial charge on any atom is -0.342 e. The molecule has 0 radical (unpaired) electrons. The molecule has 0 spiro atoms. The molecule has 0 bridgehead atoms. The van der Waals surface area contributed by atoms with Gasteiger partial charge in [-0.15, -0.1) is 0 Å². The molecule has 3 heterocycles. The molecule has 2 aromatic carbocycles.